The first kappa shape index (κ1) is 26.9. The maximum atomic E-state index is 5.99. The second-order valence-electron chi connectivity index (χ2n) is 10.2. The van der Waals surface area contributed by atoms with Gasteiger partial charge in [-0.2, -0.15) is 0 Å². The highest BCUT2D eigenvalue weighted by molar-refractivity contribution is 5.55. The van der Waals surface area contributed by atoms with Gasteiger partial charge in [0.1, 0.15) is 0 Å². The van der Waals surface area contributed by atoms with E-state index >= 15 is 0 Å². The summed E-state index contributed by atoms with van der Waals surface area (Å²) in [5.41, 5.74) is 7.54. The summed E-state index contributed by atoms with van der Waals surface area (Å²) in [6, 6.07) is 10.9. The van der Waals surface area contributed by atoms with Crippen LogP contribution in [0.5, 0.6) is 11.5 Å². The van der Waals surface area contributed by atoms with Crippen LogP contribution >= 0.6 is 0 Å². The Labute approximate surface area is 213 Å². The predicted octanol–water partition coefficient (Wildman–Crippen LogP) is 6.90. The largest absolute Gasteiger partial charge is 0.490 e. The van der Waals surface area contributed by atoms with Gasteiger partial charge in [-0.05, 0) is 60.6 Å². The lowest BCUT2D eigenvalue weighted by molar-refractivity contribution is 0.266. The van der Waals surface area contributed by atoms with Crippen LogP contribution in [0, 0.1) is 25.7 Å². The molecule has 0 radical (unpaired) electrons. The molecule has 35 heavy (non-hydrogen) atoms. The van der Waals surface area contributed by atoms with E-state index < -0.39 is 0 Å². The normalized spacial score (nSPS) is 14.3. The third kappa shape index (κ3) is 7.38. The Kier molecular flexibility index (Phi) is 9.85. The first-order chi connectivity index (χ1) is 16.8. The van der Waals surface area contributed by atoms with Crippen LogP contribution in [0.25, 0.3) is 6.08 Å². The van der Waals surface area contributed by atoms with Crippen LogP contribution in [-0.4, -0.2) is 31.2 Å². The van der Waals surface area contributed by atoms with E-state index in [1.54, 1.807) is 0 Å². The Morgan fingerprint density at radius 1 is 1.14 bits per heavy atom. The standard InChI is InChI=1S/C31H44N2O2/c1-8-11-28-12-9-13-29(25(28)6)19-32-18-24(5)26(7)33(20-22(2)3)21-27-16-23(4)31-30(17-27)34-14-10-15-35-31/h8-9,11-13,16-17,22,24,32H,7,10,14-15,18-21H2,1-6H3/b11-8-/t24-/m1/s1. The van der Waals surface area contributed by atoms with Crippen LogP contribution in [0.4, 0.5) is 0 Å². The van der Waals surface area contributed by atoms with Crippen LogP contribution in [0.1, 0.15) is 61.9 Å². The van der Waals surface area contributed by atoms with Gasteiger partial charge in [0, 0.05) is 44.2 Å². The van der Waals surface area contributed by atoms with Gasteiger partial charge in [0.2, 0.25) is 0 Å². The van der Waals surface area contributed by atoms with E-state index in [-0.39, 0.29) is 0 Å². The molecule has 1 aliphatic rings. The summed E-state index contributed by atoms with van der Waals surface area (Å²) in [6.45, 7) is 22.7. The topological polar surface area (TPSA) is 33.7 Å². The summed E-state index contributed by atoms with van der Waals surface area (Å²) >= 11 is 0. The number of hydrogen-bond donors (Lipinski definition) is 1. The molecule has 0 saturated heterocycles. The van der Waals surface area contributed by atoms with E-state index in [0.29, 0.717) is 25.0 Å². The number of fused-ring (bicyclic) bond motifs is 1. The van der Waals surface area contributed by atoms with E-state index in [1.807, 2.05) is 0 Å². The highest BCUT2D eigenvalue weighted by atomic mass is 16.5. The van der Waals surface area contributed by atoms with Crippen molar-refractivity contribution >= 4 is 6.08 Å². The number of nitrogens with zero attached hydrogens (tertiary/aromatic N) is 1. The van der Waals surface area contributed by atoms with Gasteiger partial charge in [-0.25, -0.2) is 0 Å². The van der Waals surface area contributed by atoms with Crippen LogP contribution in [-0.2, 0) is 13.1 Å². The summed E-state index contributed by atoms with van der Waals surface area (Å²) in [5, 5.41) is 3.67. The average molecular weight is 477 g/mol. The molecule has 1 N–H and O–H groups in total. The maximum Gasteiger partial charge on any atom is 0.164 e. The third-order valence-electron chi connectivity index (χ3n) is 6.63. The minimum Gasteiger partial charge on any atom is -0.490 e. The molecular weight excluding hydrogens is 432 g/mol. The fraction of sp³-hybridized carbons (Fsp3) is 0.484. The summed E-state index contributed by atoms with van der Waals surface area (Å²) in [7, 11) is 0. The Morgan fingerprint density at radius 3 is 2.66 bits per heavy atom. The number of rotatable bonds is 11. The molecule has 0 spiro atoms. The van der Waals surface area contributed by atoms with Gasteiger partial charge in [0.05, 0.1) is 13.2 Å². The molecule has 1 heterocycles. The van der Waals surface area contributed by atoms with Gasteiger partial charge in [-0.3, -0.25) is 0 Å². The van der Waals surface area contributed by atoms with E-state index in [1.165, 1.54) is 28.0 Å². The molecule has 190 valence electrons. The van der Waals surface area contributed by atoms with Gasteiger partial charge in [-0.1, -0.05) is 63.8 Å². The Bertz CT molecular complexity index is 1020. The van der Waals surface area contributed by atoms with Gasteiger partial charge in [0.15, 0.2) is 11.5 Å². The third-order valence-corrected chi connectivity index (χ3v) is 6.63. The molecule has 4 heteroatoms. The summed E-state index contributed by atoms with van der Waals surface area (Å²) in [4.78, 5) is 2.44. The fourth-order valence-corrected chi connectivity index (χ4v) is 4.66. The van der Waals surface area contributed by atoms with Crippen molar-refractivity contribution in [1.29, 1.82) is 0 Å². The molecule has 0 aliphatic carbocycles. The summed E-state index contributed by atoms with van der Waals surface area (Å²) < 4.78 is 11.9. The monoisotopic (exact) mass is 476 g/mol. The average Bonchev–Trinajstić information content (AvgIpc) is 3.06. The number of benzene rings is 2. The van der Waals surface area contributed by atoms with Crippen molar-refractivity contribution in [3.05, 3.63) is 76.5 Å². The quantitative estimate of drug-likeness (QED) is 0.383. The van der Waals surface area contributed by atoms with Crippen molar-refractivity contribution in [3.8, 4) is 11.5 Å². The number of ether oxygens (including phenoxy) is 2. The lowest BCUT2D eigenvalue weighted by Gasteiger charge is -2.32. The molecule has 0 fully saturated rings. The number of nitrogens with one attached hydrogen (secondary N) is 1. The Balaban J connectivity index is 1.66. The van der Waals surface area contributed by atoms with Crippen LogP contribution < -0.4 is 14.8 Å². The lowest BCUT2D eigenvalue weighted by atomic mass is 10.0. The number of allylic oxidation sites excluding steroid dienone is 1. The highest BCUT2D eigenvalue weighted by Crippen LogP contribution is 2.35. The molecule has 1 atom stereocenters. The molecule has 0 bridgehead atoms. The number of aryl methyl sites for hydroxylation is 1. The van der Waals surface area contributed by atoms with Gasteiger partial charge in [0.25, 0.3) is 0 Å². The van der Waals surface area contributed by atoms with Gasteiger partial charge >= 0.3 is 0 Å². The van der Waals surface area contributed by atoms with Crippen LogP contribution in [0.2, 0.25) is 0 Å². The molecule has 2 aromatic carbocycles. The molecule has 0 saturated carbocycles. The molecule has 0 aromatic heterocycles. The summed E-state index contributed by atoms with van der Waals surface area (Å²) in [6.07, 6.45) is 5.19. The van der Waals surface area contributed by atoms with Crippen molar-refractivity contribution in [2.75, 3.05) is 26.3 Å². The summed E-state index contributed by atoms with van der Waals surface area (Å²) in [5.74, 6) is 2.64. The number of hydrogen-bond acceptors (Lipinski definition) is 4. The Morgan fingerprint density at radius 2 is 1.91 bits per heavy atom. The van der Waals surface area contributed by atoms with Gasteiger partial charge in [-0.15, -0.1) is 0 Å². The smallest absolute Gasteiger partial charge is 0.164 e. The van der Waals surface area contributed by atoms with Crippen molar-refractivity contribution in [2.45, 2.75) is 61.1 Å². The Hall–Kier alpha value is -2.72. The predicted molar refractivity (Wildman–Crippen MR) is 148 cm³/mol. The molecule has 3 rings (SSSR count). The molecule has 1 aliphatic heterocycles. The molecule has 0 unspecified atom stereocenters. The van der Waals surface area contributed by atoms with E-state index in [0.717, 1.165) is 49.7 Å². The first-order valence-corrected chi connectivity index (χ1v) is 13.0. The van der Waals surface area contributed by atoms with Crippen molar-refractivity contribution in [3.63, 3.8) is 0 Å². The minimum atomic E-state index is 0.328. The highest BCUT2D eigenvalue weighted by Gasteiger charge is 2.19. The maximum absolute atomic E-state index is 5.99. The first-order valence-electron chi connectivity index (χ1n) is 13.0. The van der Waals surface area contributed by atoms with E-state index in [2.05, 4.69) is 101 Å². The van der Waals surface area contributed by atoms with Gasteiger partial charge < -0.3 is 19.7 Å². The zero-order valence-corrected chi connectivity index (χ0v) is 22.6. The molecule has 4 nitrogen and oxygen atoms in total. The van der Waals surface area contributed by atoms with Crippen molar-refractivity contribution in [2.24, 2.45) is 11.8 Å². The second-order valence-corrected chi connectivity index (χ2v) is 10.2. The minimum absolute atomic E-state index is 0.328. The zero-order valence-electron chi connectivity index (χ0n) is 22.6. The van der Waals surface area contributed by atoms with E-state index in [9.17, 15) is 0 Å². The lowest BCUT2D eigenvalue weighted by Crippen LogP contribution is -2.33. The van der Waals surface area contributed by atoms with Crippen molar-refractivity contribution in [1.82, 2.24) is 10.2 Å². The van der Waals surface area contributed by atoms with Crippen LogP contribution in [0.15, 0.2) is 48.7 Å². The van der Waals surface area contributed by atoms with Crippen LogP contribution in [0.3, 0.4) is 0 Å². The van der Waals surface area contributed by atoms with Crippen molar-refractivity contribution < 1.29 is 9.47 Å². The molecular formula is C31H44N2O2. The van der Waals surface area contributed by atoms with E-state index in [4.69, 9.17) is 9.47 Å². The molecule has 0 amide bonds. The fourth-order valence-electron chi connectivity index (χ4n) is 4.66. The SMILES string of the molecule is C=C([C@H](C)CNCc1cccc(/C=C\C)c1C)N(Cc1cc(C)c2c(c1)OCCCO2)CC(C)C. The zero-order chi connectivity index (χ0) is 25.4. The second kappa shape index (κ2) is 12.8. The molecule has 2 aromatic rings.